The molecule has 5 nitrogen and oxygen atoms in total. The second-order valence-corrected chi connectivity index (χ2v) is 1.17. The van der Waals surface area contributed by atoms with E-state index in [9.17, 15) is 0 Å². The molecule has 0 saturated carbocycles. The molecule has 0 fully saturated rings. The van der Waals surface area contributed by atoms with Crippen LogP contribution in [-0.2, 0) is 0 Å². The topological polar surface area (TPSA) is 103 Å². The normalized spacial score (nSPS) is 10.7. The molecule has 0 radical (unpaired) electrons. The lowest BCUT2D eigenvalue weighted by molar-refractivity contribution is 1.22. The van der Waals surface area contributed by atoms with Crippen molar-refractivity contribution >= 4 is 12.2 Å². The van der Waals surface area contributed by atoms with Crippen LogP contribution in [0.4, 0.5) is 0 Å². The maximum Gasteiger partial charge on any atom is 0.211 e. The van der Waals surface area contributed by atoms with Crippen molar-refractivity contribution < 1.29 is 0 Å². The highest BCUT2D eigenvalue weighted by molar-refractivity contribution is 5.77. The number of nitrogens with two attached hydrogens (primary N) is 3. The van der Waals surface area contributed by atoms with Gasteiger partial charge in [-0.15, -0.1) is 5.10 Å². The second-order valence-electron chi connectivity index (χ2n) is 1.17. The summed E-state index contributed by atoms with van der Waals surface area (Å²) < 4.78 is 0. The van der Waals surface area contributed by atoms with Gasteiger partial charge in [0.15, 0.2) is 0 Å². The summed E-state index contributed by atoms with van der Waals surface area (Å²) in [5, 5.41) is 6.70. The van der Waals surface area contributed by atoms with E-state index in [2.05, 4.69) is 10.2 Å². The summed E-state index contributed by atoms with van der Waals surface area (Å²) in [6.07, 6.45) is 4.21. The van der Waals surface area contributed by atoms with Crippen LogP contribution in [0.5, 0.6) is 0 Å². The molecule has 0 aromatic heterocycles. The predicted molar refractivity (Wildman–Crippen MR) is 37.6 cm³/mol. The predicted octanol–water partition coefficient (Wildman–Crippen LogP) is -1.28. The van der Waals surface area contributed by atoms with Crippen molar-refractivity contribution in [2.75, 3.05) is 0 Å². The third kappa shape index (κ3) is 6.48. The Labute approximate surface area is 52.9 Å². The zero-order chi connectivity index (χ0) is 7.11. The van der Waals surface area contributed by atoms with E-state index in [0.29, 0.717) is 0 Å². The van der Waals surface area contributed by atoms with Gasteiger partial charge in [0.25, 0.3) is 0 Å². The molecular formula is C4H9N5. The molecule has 0 rings (SSSR count). The summed E-state index contributed by atoms with van der Waals surface area (Å²) in [5.41, 5.74) is 14.8. The summed E-state index contributed by atoms with van der Waals surface area (Å²) in [6, 6.07) is 0. The SMILES string of the molecule is NC=CC=NN=C(N)N. The second kappa shape index (κ2) is 4.63. The first-order valence-corrected chi connectivity index (χ1v) is 2.26. The highest BCUT2D eigenvalue weighted by atomic mass is 15.3. The van der Waals surface area contributed by atoms with Gasteiger partial charge in [0, 0.05) is 0 Å². The maximum absolute atomic E-state index is 4.96. The van der Waals surface area contributed by atoms with E-state index in [1.807, 2.05) is 0 Å². The van der Waals surface area contributed by atoms with Crippen molar-refractivity contribution in [3.8, 4) is 0 Å². The van der Waals surface area contributed by atoms with Crippen molar-refractivity contribution in [1.29, 1.82) is 0 Å². The van der Waals surface area contributed by atoms with Crippen molar-refractivity contribution in [2.24, 2.45) is 27.4 Å². The van der Waals surface area contributed by atoms with Gasteiger partial charge in [-0.25, -0.2) is 0 Å². The van der Waals surface area contributed by atoms with E-state index in [1.54, 1.807) is 0 Å². The maximum atomic E-state index is 4.96. The van der Waals surface area contributed by atoms with Gasteiger partial charge in [0.05, 0.1) is 6.21 Å². The van der Waals surface area contributed by atoms with Gasteiger partial charge in [0.2, 0.25) is 5.96 Å². The van der Waals surface area contributed by atoms with E-state index in [0.717, 1.165) is 0 Å². The molecule has 0 aliphatic heterocycles. The highest BCUT2D eigenvalue weighted by Gasteiger charge is 1.69. The Morgan fingerprint density at radius 1 is 1.33 bits per heavy atom. The summed E-state index contributed by atoms with van der Waals surface area (Å²) in [5.74, 6) is -0.0725. The van der Waals surface area contributed by atoms with Crippen molar-refractivity contribution in [3.05, 3.63) is 12.3 Å². The molecule has 50 valence electrons. The Balaban J connectivity index is 3.60. The standard InChI is InChI=1S/C4H9N5/c5-2-1-3-8-9-4(6)7/h1-3H,5H2,(H4,6,7,9). The van der Waals surface area contributed by atoms with Crippen molar-refractivity contribution in [1.82, 2.24) is 0 Å². The van der Waals surface area contributed by atoms with Gasteiger partial charge >= 0.3 is 0 Å². The molecule has 0 aromatic rings. The van der Waals surface area contributed by atoms with E-state index in [1.165, 1.54) is 18.5 Å². The van der Waals surface area contributed by atoms with Gasteiger partial charge in [-0.05, 0) is 12.3 Å². The van der Waals surface area contributed by atoms with Crippen LogP contribution in [0.25, 0.3) is 0 Å². The number of nitrogens with zero attached hydrogens (tertiary/aromatic N) is 2. The molecule has 0 bridgehead atoms. The molecule has 0 saturated heterocycles. The lowest BCUT2D eigenvalue weighted by atomic mass is 10.7. The Bertz CT molecular complexity index is 141. The average Bonchev–Trinajstić information content (AvgIpc) is 1.80. The Morgan fingerprint density at radius 3 is 2.44 bits per heavy atom. The van der Waals surface area contributed by atoms with E-state index in [4.69, 9.17) is 17.2 Å². The third-order valence-corrected chi connectivity index (χ3v) is 0.437. The van der Waals surface area contributed by atoms with Crippen LogP contribution >= 0.6 is 0 Å². The fourth-order valence-corrected chi connectivity index (χ4v) is 0.188. The molecule has 6 N–H and O–H groups in total. The molecule has 9 heavy (non-hydrogen) atoms. The molecule has 0 aliphatic carbocycles. The fraction of sp³-hybridized carbons (Fsp3) is 0. The van der Waals surface area contributed by atoms with Gasteiger partial charge in [-0.1, -0.05) is 0 Å². The van der Waals surface area contributed by atoms with Crippen molar-refractivity contribution in [3.63, 3.8) is 0 Å². The number of allylic oxidation sites excluding steroid dienone is 1. The van der Waals surface area contributed by atoms with Crippen LogP contribution < -0.4 is 17.2 Å². The monoisotopic (exact) mass is 127 g/mol. The minimum Gasteiger partial charge on any atom is -0.405 e. The quantitative estimate of drug-likeness (QED) is 0.244. The lowest BCUT2D eigenvalue weighted by Crippen LogP contribution is -2.21. The number of hydrogen-bond donors (Lipinski definition) is 3. The Morgan fingerprint density at radius 2 is 2.00 bits per heavy atom. The molecule has 0 aromatic carbocycles. The van der Waals surface area contributed by atoms with Crippen LogP contribution in [0.2, 0.25) is 0 Å². The summed E-state index contributed by atoms with van der Waals surface area (Å²) in [6.45, 7) is 0. The third-order valence-electron chi connectivity index (χ3n) is 0.437. The van der Waals surface area contributed by atoms with Crippen LogP contribution in [-0.4, -0.2) is 12.2 Å². The molecule has 0 heterocycles. The van der Waals surface area contributed by atoms with Crippen LogP contribution in [0.15, 0.2) is 22.5 Å². The summed E-state index contributed by atoms with van der Waals surface area (Å²) in [4.78, 5) is 0. The zero-order valence-electron chi connectivity index (χ0n) is 4.86. The van der Waals surface area contributed by atoms with Crippen molar-refractivity contribution in [2.45, 2.75) is 0 Å². The minimum absolute atomic E-state index is 0.0725. The van der Waals surface area contributed by atoms with Gasteiger partial charge < -0.3 is 17.2 Å². The van der Waals surface area contributed by atoms with Gasteiger partial charge in [-0.3, -0.25) is 0 Å². The molecule has 0 unspecified atom stereocenters. The highest BCUT2D eigenvalue weighted by Crippen LogP contribution is 1.66. The Kier molecular flexibility index (Phi) is 3.85. The molecule has 5 heteroatoms. The minimum atomic E-state index is -0.0725. The number of rotatable bonds is 2. The summed E-state index contributed by atoms with van der Waals surface area (Å²) in [7, 11) is 0. The molecule has 0 amide bonds. The molecular weight excluding hydrogens is 118 g/mol. The lowest BCUT2D eigenvalue weighted by Gasteiger charge is -1.79. The van der Waals surface area contributed by atoms with E-state index >= 15 is 0 Å². The largest absolute Gasteiger partial charge is 0.405 e. The molecule has 0 spiro atoms. The first-order valence-electron chi connectivity index (χ1n) is 2.26. The van der Waals surface area contributed by atoms with E-state index in [-0.39, 0.29) is 5.96 Å². The van der Waals surface area contributed by atoms with E-state index < -0.39 is 0 Å². The number of guanidine groups is 1. The smallest absolute Gasteiger partial charge is 0.211 e. The van der Waals surface area contributed by atoms with Crippen LogP contribution in [0, 0.1) is 0 Å². The average molecular weight is 127 g/mol. The van der Waals surface area contributed by atoms with Gasteiger partial charge in [0.1, 0.15) is 0 Å². The van der Waals surface area contributed by atoms with Crippen LogP contribution in [0.1, 0.15) is 0 Å². The zero-order valence-corrected chi connectivity index (χ0v) is 4.86. The molecule has 0 atom stereocenters. The first-order chi connectivity index (χ1) is 4.27. The molecule has 0 aliphatic rings. The fourth-order valence-electron chi connectivity index (χ4n) is 0.188. The number of hydrogen-bond acceptors (Lipinski definition) is 3. The Hall–Kier alpha value is -1.52. The first kappa shape index (κ1) is 7.48. The summed E-state index contributed by atoms with van der Waals surface area (Å²) >= 11 is 0. The van der Waals surface area contributed by atoms with Crippen LogP contribution in [0.3, 0.4) is 0 Å². The van der Waals surface area contributed by atoms with Gasteiger partial charge in [-0.2, -0.15) is 5.10 Å².